The SMILES string of the molecule is CCC(C)(C)NC(=O)[C@H](c1cccc(OC)c1OC)N(C(=O)Cn1nnc2ccccc21)c1ccc(OC)cc1OC. The third kappa shape index (κ3) is 6.09. The third-order valence-corrected chi connectivity index (χ3v) is 7.20. The first-order valence-electron chi connectivity index (χ1n) is 13.5. The van der Waals surface area contributed by atoms with Gasteiger partial charge < -0.3 is 24.3 Å². The molecular weight excluding hydrogens is 538 g/mol. The van der Waals surface area contributed by atoms with Gasteiger partial charge in [-0.05, 0) is 50.6 Å². The van der Waals surface area contributed by atoms with Crippen molar-refractivity contribution in [2.45, 2.75) is 45.3 Å². The summed E-state index contributed by atoms with van der Waals surface area (Å²) in [6, 6.07) is 16.4. The zero-order valence-electron chi connectivity index (χ0n) is 25.0. The first-order valence-corrected chi connectivity index (χ1v) is 13.5. The fourth-order valence-electron chi connectivity index (χ4n) is 4.65. The fourth-order valence-corrected chi connectivity index (χ4v) is 4.65. The molecule has 0 aliphatic rings. The summed E-state index contributed by atoms with van der Waals surface area (Å²) in [6.07, 6.45) is 0.658. The lowest BCUT2D eigenvalue weighted by Crippen LogP contribution is -2.51. The fraction of sp³-hybridized carbons (Fsp3) is 0.355. The van der Waals surface area contributed by atoms with Crippen LogP contribution < -0.4 is 29.2 Å². The van der Waals surface area contributed by atoms with Crippen molar-refractivity contribution in [3.8, 4) is 23.0 Å². The Morgan fingerprint density at radius 2 is 1.67 bits per heavy atom. The predicted molar refractivity (Wildman–Crippen MR) is 159 cm³/mol. The minimum Gasteiger partial charge on any atom is -0.497 e. The van der Waals surface area contributed by atoms with Gasteiger partial charge in [-0.15, -0.1) is 5.10 Å². The van der Waals surface area contributed by atoms with Gasteiger partial charge >= 0.3 is 0 Å². The summed E-state index contributed by atoms with van der Waals surface area (Å²) in [5.74, 6) is 0.749. The molecule has 11 heteroatoms. The molecule has 0 saturated heterocycles. The Balaban J connectivity index is 1.96. The summed E-state index contributed by atoms with van der Waals surface area (Å²) in [5, 5.41) is 11.5. The van der Waals surface area contributed by atoms with E-state index in [4.69, 9.17) is 18.9 Å². The summed E-state index contributed by atoms with van der Waals surface area (Å²) in [5.41, 5.74) is 1.54. The number of amides is 2. The quantitative estimate of drug-likeness (QED) is 0.262. The molecule has 1 N–H and O–H groups in total. The normalized spacial score (nSPS) is 12.0. The molecule has 1 aromatic heterocycles. The molecule has 0 fully saturated rings. The molecule has 0 unspecified atom stereocenters. The number of aromatic nitrogens is 3. The predicted octanol–water partition coefficient (Wildman–Crippen LogP) is 4.55. The van der Waals surface area contributed by atoms with E-state index in [2.05, 4.69) is 15.6 Å². The van der Waals surface area contributed by atoms with Gasteiger partial charge in [-0.2, -0.15) is 0 Å². The molecule has 4 rings (SSSR count). The van der Waals surface area contributed by atoms with Gasteiger partial charge in [0.25, 0.3) is 0 Å². The maximum absolute atomic E-state index is 14.5. The molecule has 11 nitrogen and oxygen atoms in total. The van der Waals surface area contributed by atoms with E-state index in [1.54, 1.807) is 36.4 Å². The van der Waals surface area contributed by atoms with Crippen molar-refractivity contribution < 1.29 is 28.5 Å². The number of para-hydroxylation sites is 2. The van der Waals surface area contributed by atoms with E-state index < -0.39 is 23.4 Å². The van der Waals surface area contributed by atoms with Crippen LogP contribution in [0.25, 0.3) is 11.0 Å². The van der Waals surface area contributed by atoms with E-state index in [9.17, 15) is 9.59 Å². The Kier molecular flexibility index (Phi) is 9.19. The number of fused-ring (bicyclic) bond motifs is 1. The van der Waals surface area contributed by atoms with Gasteiger partial charge in [0, 0.05) is 17.2 Å². The van der Waals surface area contributed by atoms with Gasteiger partial charge in [-0.3, -0.25) is 14.5 Å². The first kappa shape index (κ1) is 30.2. The Hall–Kier alpha value is -4.80. The average Bonchev–Trinajstić information content (AvgIpc) is 3.41. The minimum absolute atomic E-state index is 0.205. The van der Waals surface area contributed by atoms with E-state index in [1.165, 1.54) is 38.0 Å². The smallest absolute Gasteiger partial charge is 0.249 e. The van der Waals surface area contributed by atoms with E-state index in [0.717, 1.165) is 0 Å². The number of nitrogens with one attached hydrogen (secondary N) is 1. The second kappa shape index (κ2) is 12.8. The van der Waals surface area contributed by atoms with Crippen molar-refractivity contribution in [2.75, 3.05) is 33.3 Å². The zero-order valence-corrected chi connectivity index (χ0v) is 25.0. The molecule has 0 aliphatic heterocycles. The zero-order chi connectivity index (χ0) is 30.4. The van der Waals surface area contributed by atoms with E-state index in [-0.39, 0.29) is 6.54 Å². The number of nitrogens with zero attached hydrogens (tertiary/aromatic N) is 4. The molecule has 2 amide bonds. The number of benzene rings is 3. The first-order chi connectivity index (χ1) is 20.2. The van der Waals surface area contributed by atoms with Gasteiger partial charge in [0.05, 0.1) is 39.6 Å². The highest BCUT2D eigenvalue weighted by Gasteiger charge is 2.39. The van der Waals surface area contributed by atoms with Crippen LogP contribution in [0.5, 0.6) is 23.0 Å². The second-order valence-electron chi connectivity index (χ2n) is 10.2. The molecule has 4 aromatic rings. The molecule has 0 saturated carbocycles. The number of ether oxygens (including phenoxy) is 4. The second-order valence-corrected chi connectivity index (χ2v) is 10.2. The highest BCUT2D eigenvalue weighted by atomic mass is 16.5. The van der Waals surface area contributed by atoms with Crippen LogP contribution in [0.1, 0.15) is 38.8 Å². The maximum atomic E-state index is 14.5. The number of anilines is 1. The topological polar surface area (TPSA) is 117 Å². The summed E-state index contributed by atoms with van der Waals surface area (Å²) in [6.45, 7) is 5.62. The Morgan fingerprint density at radius 3 is 2.33 bits per heavy atom. The van der Waals surface area contributed by atoms with E-state index in [0.29, 0.717) is 51.7 Å². The Bertz CT molecular complexity index is 1570. The van der Waals surface area contributed by atoms with Crippen LogP contribution in [0.3, 0.4) is 0 Å². The largest absolute Gasteiger partial charge is 0.497 e. The van der Waals surface area contributed by atoms with Crippen LogP contribution in [0.15, 0.2) is 60.7 Å². The molecule has 0 bridgehead atoms. The summed E-state index contributed by atoms with van der Waals surface area (Å²) < 4.78 is 23.9. The van der Waals surface area contributed by atoms with Crippen molar-refractivity contribution in [1.82, 2.24) is 20.3 Å². The van der Waals surface area contributed by atoms with Crippen molar-refractivity contribution in [3.63, 3.8) is 0 Å². The van der Waals surface area contributed by atoms with E-state index in [1.807, 2.05) is 45.0 Å². The number of methoxy groups -OCH3 is 4. The summed E-state index contributed by atoms with van der Waals surface area (Å²) >= 11 is 0. The molecule has 222 valence electrons. The molecule has 0 aliphatic carbocycles. The number of hydrogen-bond acceptors (Lipinski definition) is 8. The lowest BCUT2D eigenvalue weighted by molar-refractivity contribution is -0.128. The summed E-state index contributed by atoms with van der Waals surface area (Å²) in [4.78, 5) is 30.2. The van der Waals surface area contributed by atoms with Crippen molar-refractivity contribution in [1.29, 1.82) is 0 Å². The van der Waals surface area contributed by atoms with Crippen LogP contribution in [-0.4, -0.2) is 60.8 Å². The highest BCUT2D eigenvalue weighted by Crippen LogP contribution is 2.42. The van der Waals surface area contributed by atoms with Crippen LogP contribution in [0, 0.1) is 0 Å². The number of rotatable bonds is 12. The lowest BCUT2D eigenvalue weighted by Gasteiger charge is -2.35. The van der Waals surface area contributed by atoms with Crippen LogP contribution in [0.2, 0.25) is 0 Å². The van der Waals surface area contributed by atoms with Gasteiger partial charge in [0.2, 0.25) is 11.8 Å². The molecular formula is C31H37N5O6. The van der Waals surface area contributed by atoms with E-state index >= 15 is 0 Å². The maximum Gasteiger partial charge on any atom is 0.249 e. The lowest BCUT2D eigenvalue weighted by atomic mass is 9.97. The minimum atomic E-state index is -1.19. The van der Waals surface area contributed by atoms with Gasteiger partial charge in [-0.25, -0.2) is 4.68 Å². The number of carbonyl (C=O) groups is 2. The molecule has 42 heavy (non-hydrogen) atoms. The standard InChI is InChI=1S/C31H37N5O6/c1-8-31(2,3)32-30(38)28(21-12-11-15-25(40-5)29(21)42-7)36(24-17-16-20(39-4)18-26(24)41-6)27(37)19-35-23-14-10-9-13-22(23)33-34-35/h9-18,28H,8,19H2,1-7H3,(H,32,38)/t28-/m0/s1. The van der Waals surface area contributed by atoms with Crippen molar-refractivity contribution in [2.24, 2.45) is 0 Å². The number of hydrogen-bond donors (Lipinski definition) is 1. The monoisotopic (exact) mass is 575 g/mol. The molecule has 1 heterocycles. The highest BCUT2D eigenvalue weighted by molar-refractivity contribution is 6.03. The average molecular weight is 576 g/mol. The molecule has 0 spiro atoms. The number of carbonyl (C=O) groups excluding carboxylic acids is 2. The van der Waals surface area contributed by atoms with Crippen LogP contribution >= 0.6 is 0 Å². The Morgan fingerprint density at radius 1 is 0.929 bits per heavy atom. The van der Waals surface area contributed by atoms with Crippen LogP contribution in [0.4, 0.5) is 5.69 Å². The van der Waals surface area contributed by atoms with Gasteiger partial charge in [0.1, 0.15) is 29.6 Å². The summed E-state index contributed by atoms with van der Waals surface area (Å²) in [7, 11) is 6.04. The Labute approximate surface area is 245 Å². The molecule has 0 radical (unpaired) electrons. The third-order valence-electron chi connectivity index (χ3n) is 7.20. The van der Waals surface area contributed by atoms with Crippen molar-refractivity contribution in [3.05, 3.63) is 66.2 Å². The van der Waals surface area contributed by atoms with Crippen LogP contribution in [-0.2, 0) is 16.1 Å². The van der Waals surface area contributed by atoms with Gasteiger partial charge in [0.15, 0.2) is 11.5 Å². The molecule has 3 aromatic carbocycles. The van der Waals surface area contributed by atoms with Crippen molar-refractivity contribution >= 4 is 28.5 Å². The van der Waals surface area contributed by atoms with Gasteiger partial charge in [-0.1, -0.05) is 36.4 Å². The molecule has 1 atom stereocenters.